The van der Waals surface area contributed by atoms with Gasteiger partial charge in [-0.25, -0.2) is 0 Å². The summed E-state index contributed by atoms with van der Waals surface area (Å²) in [4.78, 5) is 7.09. The third-order valence-corrected chi connectivity index (χ3v) is 1.54. The molecule has 1 aromatic heterocycles. The van der Waals surface area contributed by atoms with Crippen molar-refractivity contribution in [1.29, 1.82) is 0 Å². The molecule has 1 aromatic rings. The van der Waals surface area contributed by atoms with Gasteiger partial charge in [-0.05, 0) is 0 Å². The minimum absolute atomic E-state index is 0.0165. The van der Waals surface area contributed by atoms with E-state index in [2.05, 4.69) is 20.0 Å². The molecule has 0 spiro atoms. The Morgan fingerprint density at radius 2 is 2.14 bits per heavy atom. The standard InChI is InChI=1S/C6H7ClF2N4O/c1-11-4-2(14-5(8)9)3(7)12-6(10)13-4/h5H,1H3,(H3,10,11,12,13). The van der Waals surface area contributed by atoms with Gasteiger partial charge in [-0.15, -0.1) is 0 Å². The number of nitrogens with one attached hydrogen (secondary N) is 1. The Hall–Kier alpha value is -1.37. The van der Waals surface area contributed by atoms with Gasteiger partial charge in [0.2, 0.25) is 11.7 Å². The molecule has 0 amide bonds. The molecule has 0 bridgehead atoms. The number of nitrogens with two attached hydrogens (primary N) is 1. The van der Waals surface area contributed by atoms with Crippen molar-refractivity contribution in [2.75, 3.05) is 18.1 Å². The summed E-state index contributed by atoms with van der Waals surface area (Å²) < 4.78 is 28.0. The Bertz CT molecular complexity index is 336. The average Bonchev–Trinajstić information content (AvgIpc) is 2.08. The van der Waals surface area contributed by atoms with E-state index in [1.807, 2.05) is 0 Å². The molecule has 0 saturated carbocycles. The molecule has 3 N–H and O–H groups in total. The quantitative estimate of drug-likeness (QED) is 0.759. The fourth-order valence-electron chi connectivity index (χ4n) is 0.802. The third kappa shape index (κ3) is 2.32. The molecule has 0 aliphatic heterocycles. The van der Waals surface area contributed by atoms with E-state index in [4.69, 9.17) is 17.3 Å². The van der Waals surface area contributed by atoms with Crippen LogP contribution in [-0.2, 0) is 0 Å². The minimum Gasteiger partial charge on any atom is -0.428 e. The summed E-state index contributed by atoms with van der Waals surface area (Å²) in [6, 6.07) is 0. The first-order valence-corrected chi connectivity index (χ1v) is 3.88. The van der Waals surface area contributed by atoms with Crippen LogP contribution in [0, 0.1) is 0 Å². The maximum atomic E-state index is 11.9. The Morgan fingerprint density at radius 3 is 2.64 bits per heavy atom. The largest absolute Gasteiger partial charge is 0.428 e. The van der Waals surface area contributed by atoms with E-state index in [-0.39, 0.29) is 22.7 Å². The SMILES string of the molecule is CNc1nc(N)nc(Cl)c1OC(F)F. The predicted molar refractivity (Wildman–Crippen MR) is 47.6 cm³/mol. The zero-order valence-corrected chi connectivity index (χ0v) is 7.85. The second kappa shape index (κ2) is 4.23. The summed E-state index contributed by atoms with van der Waals surface area (Å²) in [6.45, 7) is -2.99. The molecule has 0 aliphatic carbocycles. The molecule has 0 unspecified atom stereocenters. The monoisotopic (exact) mass is 224 g/mol. The first kappa shape index (κ1) is 10.7. The molecular formula is C6H7ClF2N4O. The summed E-state index contributed by atoms with van der Waals surface area (Å²) in [6.07, 6.45) is 0. The first-order chi connectivity index (χ1) is 6.54. The fourth-order valence-corrected chi connectivity index (χ4v) is 1.02. The maximum absolute atomic E-state index is 11.9. The van der Waals surface area contributed by atoms with Gasteiger partial charge in [0.05, 0.1) is 0 Å². The predicted octanol–water partition coefficient (Wildman–Crippen LogP) is 1.36. The summed E-state index contributed by atoms with van der Waals surface area (Å²) in [7, 11) is 1.47. The smallest absolute Gasteiger partial charge is 0.387 e. The van der Waals surface area contributed by atoms with Gasteiger partial charge < -0.3 is 15.8 Å². The maximum Gasteiger partial charge on any atom is 0.387 e. The normalized spacial score (nSPS) is 10.4. The van der Waals surface area contributed by atoms with Crippen molar-refractivity contribution < 1.29 is 13.5 Å². The molecule has 0 radical (unpaired) electrons. The van der Waals surface area contributed by atoms with Crippen molar-refractivity contribution in [2.45, 2.75) is 6.61 Å². The van der Waals surface area contributed by atoms with Crippen LogP contribution in [0.3, 0.4) is 0 Å². The Morgan fingerprint density at radius 1 is 1.50 bits per heavy atom. The number of alkyl halides is 2. The van der Waals surface area contributed by atoms with Gasteiger partial charge >= 0.3 is 6.61 Å². The number of hydrogen-bond acceptors (Lipinski definition) is 5. The zero-order chi connectivity index (χ0) is 10.7. The highest BCUT2D eigenvalue weighted by Gasteiger charge is 2.16. The molecule has 0 saturated heterocycles. The summed E-state index contributed by atoms with van der Waals surface area (Å²) >= 11 is 5.53. The number of aromatic nitrogens is 2. The van der Waals surface area contributed by atoms with Crippen molar-refractivity contribution in [3.8, 4) is 5.75 Å². The molecule has 0 fully saturated rings. The lowest BCUT2D eigenvalue weighted by Crippen LogP contribution is -2.09. The number of hydrogen-bond donors (Lipinski definition) is 2. The van der Waals surface area contributed by atoms with Gasteiger partial charge in [0.1, 0.15) is 0 Å². The topological polar surface area (TPSA) is 73.1 Å². The molecule has 0 atom stereocenters. The molecule has 0 aromatic carbocycles. The number of nitrogens with zero attached hydrogens (tertiary/aromatic N) is 2. The van der Waals surface area contributed by atoms with Crippen molar-refractivity contribution >= 4 is 23.4 Å². The number of nitrogen functional groups attached to an aromatic ring is 1. The molecule has 78 valence electrons. The van der Waals surface area contributed by atoms with E-state index in [0.717, 1.165) is 0 Å². The van der Waals surface area contributed by atoms with Crippen LogP contribution in [0.4, 0.5) is 20.5 Å². The molecule has 1 rings (SSSR count). The average molecular weight is 225 g/mol. The number of anilines is 2. The lowest BCUT2D eigenvalue weighted by Gasteiger charge is -2.10. The minimum atomic E-state index is -2.99. The molecular weight excluding hydrogens is 218 g/mol. The zero-order valence-electron chi connectivity index (χ0n) is 7.09. The molecule has 5 nitrogen and oxygen atoms in total. The van der Waals surface area contributed by atoms with Gasteiger partial charge in [0, 0.05) is 7.05 Å². The molecule has 0 aliphatic rings. The second-order valence-electron chi connectivity index (χ2n) is 2.18. The van der Waals surface area contributed by atoms with Crippen molar-refractivity contribution in [3.63, 3.8) is 0 Å². The Balaban J connectivity index is 3.11. The number of ether oxygens (including phenoxy) is 1. The van der Waals surface area contributed by atoms with Crippen LogP contribution in [0.25, 0.3) is 0 Å². The van der Waals surface area contributed by atoms with E-state index in [9.17, 15) is 8.78 Å². The van der Waals surface area contributed by atoms with Gasteiger partial charge in [-0.3, -0.25) is 0 Å². The number of halogens is 3. The van der Waals surface area contributed by atoms with E-state index < -0.39 is 6.61 Å². The van der Waals surface area contributed by atoms with Crippen LogP contribution >= 0.6 is 11.6 Å². The van der Waals surface area contributed by atoms with Crippen LogP contribution in [-0.4, -0.2) is 23.6 Å². The number of rotatable bonds is 3. The van der Waals surface area contributed by atoms with Gasteiger partial charge in [-0.2, -0.15) is 18.7 Å². The van der Waals surface area contributed by atoms with Gasteiger partial charge in [0.25, 0.3) is 0 Å². The highest BCUT2D eigenvalue weighted by Crippen LogP contribution is 2.31. The van der Waals surface area contributed by atoms with Crippen LogP contribution in [0.2, 0.25) is 5.15 Å². The highest BCUT2D eigenvalue weighted by molar-refractivity contribution is 6.31. The summed E-state index contributed by atoms with van der Waals surface area (Å²) in [5, 5.41) is 2.25. The molecule has 1 heterocycles. The van der Waals surface area contributed by atoms with Gasteiger partial charge in [0.15, 0.2) is 11.0 Å². The van der Waals surface area contributed by atoms with E-state index in [1.54, 1.807) is 0 Å². The van der Waals surface area contributed by atoms with Crippen LogP contribution in [0.15, 0.2) is 0 Å². The van der Waals surface area contributed by atoms with Crippen molar-refractivity contribution in [3.05, 3.63) is 5.15 Å². The van der Waals surface area contributed by atoms with E-state index in [0.29, 0.717) is 0 Å². The van der Waals surface area contributed by atoms with E-state index in [1.165, 1.54) is 7.05 Å². The lowest BCUT2D eigenvalue weighted by atomic mass is 10.5. The van der Waals surface area contributed by atoms with Crippen LogP contribution in [0.5, 0.6) is 5.75 Å². The van der Waals surface area contributed by atoms with E-state index >= 15 is 0 Å². The summed E-state index contributed by atoms with van der Waals surface area (Å²) in [5.74, 6) is -0.429. The third-order valence-electron chi connectivity index (χ3n) is 1.29. The highest BCUT2D eigenvalue weighted by atomic mass is 35.5. The lowest BCUT2D eigenvalue weighted by molar-refractivity contribution is -0.0497. The van der Waals surface area contributed by atoms with Crippen molar-refractivity contribution in [2.24, 2.45) is 0 Å². The summed E-state index contributed by atoms with van der Waals surface area (Å²) in [5.41, 5.74) is 5.24. The Kier molecular flexibility index (Phi) is 3.23. The van der Waals surface area contributed by atoms with Crippen LogP contribution < -0.4 is 15.8 Å². The molecule has 8 heteroatoms. The van der Waals surface area contributed by atoms with Crippen LogP contribution in [0.1, 0.15) is 0 Å². The molecule has 14 heavy (non-hydrogen) atoms. The second-order valence-corrected chi connectivity index (χ2v) is 2.54. The van der Waals surface area contributed by atoms with Crippen molar-refractivity contribution in [1.82, 2.24) is 9.97 Å². The Labute approximate surface area is 83.2 Å². The first-order valence-electron chi connectivity index (χ1n) is 3.50. The fraction of sp³-hybridized carbons (Fsp3) is 0.333. The van der Waals surface area contributed by atoms with Gasteiger partial charge in [-0.1, -0.05) is 11.6 Å².